The molecule has 0 radical (unpaired) electrons. The van der Waals surface area contributed by atoms with Crippen LogP contribution in [0.1, 0.15) is 25.5 Å². The van der Waals surface area contributed by atoms with Crippen LogP contribution in [-0.2, 0) is 9.59 Å². The van der Waals surface area contributed by atoms with E-state index in [0.29, 0.717) is 0 Å². The molecule has 2 atom stereocenters. The van der Waals surface area contributed by atoms with Gasteiger partial charge >= 0.3 is 5.97 Å². The molecule has 0 fully saturated rings. The third-order valence-electron chi connectivity index (χ3n) is 2.48. The van der Waals surface area contributed by atoms with Gasteiger partial charge in [-0.25, -0.2) is 0 Å². The number of rotatable bonds is 4. The highest BCUT2D eigenvalue weighted by molar-refractivity contribution is 9.10. The Morgan fingerprint density at radius 3 is 2.24 bits per heavy atom. The molecule has 0 aromatic heterocycles. The number of carbonyl (C=O) groups is 2. The molecular weight excluding hydrogens is 286 g/mol. The van der Waals surface area contributed by atoms with Crippen molar-refractivity contribution in [3.63, 3.8) is 0 Å². The summed E-state index contributed by atoms with van der Waals surface area (Å²) >= 11 is 3.31. The van der Waals surface area contributed by atoms with Crippen LogP contribution in [0.25, 0.3) is 0 Å². The molecule has 1 aromatic rings. The standard InChI is InChI=1S/C12H14BrNO3/c1-7(12(16)17)11(14-8(2)15)9-3-5-10(13)6-4-9/h3-7,11H,1-2H3,(H,14,15)(H,16,17). The lowest BCUT2D eigenvalue weighted by Gasteiger charge is -2.22. The maximum Gasteiger partial charge on any atom is 0.308 e. The monoisotopic (exact) mass is 299 g/mol. The SMILES string of the molecule is CC(=O)NC(c1ccc(Br)cc1)C(C)C(=O)O. The Hall–Kier alpha value is -1.36. The van der Waals surface area contributed by atoms with Crippen LogP contribution in [-0.4, -0.2) is 17.0 Å². The van der Waals surface area contributed by atoms with Crippen molar-refractivity contribution in [2.75, 3.05) is 0 Å². The van der Waals surface area contributed by atoms with Crippen LogP contribution < -0.4 is 5.32 Å². The van der Waals surface area contributed by atoms with Gasteiger partial charge in [0.05, 0.1) is 12.0 Å². The third kappa shape index (κ3) is 3.85. The number of amides is 1. The fraction of sp³-hybridized carbons (Fsp3) is 0.333. The van der Waals surface area contributed by atoms with Crippen molar-refractivity contribution >= 4 is 27.8 Å². The molecule has 0 saturated carbocycles. The van der Waals surface area contributed by atoms with Gasteiger partial charge in [0.25, 0.3) is 0 Å². The van der Waals surface area contributed by atoms with Crippen molar-refractivity contribution in [1.29, 1.82) is 0 Å². The molecule has 0 bridgehead atoms. The van der Waals surface area contributed by atoms with Gasteiger partial charge < -0.3 is 10.4 Å². The highest BCUT2D eigenvalue weighted by atomic mass is 79.9. The lowest BCUT2D eigenvalue weighted by atomic mass is 9.94. The van der Waals surface area contributed by atoms with Crippen LogP contribution in [0, 0.1) is 5.92 Å². The average Bonchev–Trinajstić information content (AvgIpc) is 2.26. The first-order valence-corrected chi connectivity index (χ1v) is 5.96. The summed E-state index contributed by atoms with van der Waals surface area (Å²) in [5.74, 6) is -1.86. The molecule has 2 unspecified atom stereocenters. The molecule has 1 rings (SSSR count). The van der Waals surface area contributed by atoms with Gasteiger partial charge in [0.1, 0.15) is 0 Å². The van der Waals surface area contributed by atoms with Crippen LogP contribution in [0.2, 0.25) is 0 Å². The third-order valence-corrected chi connectivity index (χ3v) is 3.01. The van der Waals surface area contributed by atoms with Crippen molar-refractivity contribution in [2.24, 2.45) is 5.92 Å². The van der Waals surface area contributed by atoms with Crippen molar-refractivity contribution in [3.05, 3.63) is 34.3 Å². The minimum absolute atomic E-state index is 0.244. The number of aliphatic carboxylic acids is 1. The first-order valence-electron chi connectivity index (χ1n) is 5.17. The van der Waals surface area contributed by atoms with E-state index in [9.17, 15) is 9.59 Å². The van der Waals surface area contributed by atoms with Gasteiger partial charge in [0.2, 0.25) is 5.91 Å². The largest absolute Gasteiger partial charge is 0.481 e. The van der Waals surface area contributed by atoms with E-state index in [1.54, 1.807) is 19.1 Å². The molecule has 5 heteroatoms. The van der Waals surface area contributed by atoms with Crippen LogP contribution >= 0.6 is 15.9 Å². The number of carboxylic acids is 1. The number of hydrogen-bond donors (Lipinski definition) is 2. The number of halogens is 1. The highest BCUT2D eigenvalue weighted by Gasteiger charge is 2.25. The topological polar surface area (TPSA) is 66.4 Å². The molecule has 0 aliphatic carbocycles. The Morgan fingerprint density at radius 2 is 1.82 bits per heavy atom. The van der Waals surface area contributed by atoms with Crippen molar-refractivity contribution in [2.45, 2.75) is 19.9 Å². The molecule has 0 spiro atoms. The second kappa shape index (κ2) is 5.82. The van der Waals surface area contributed by atoms with E-state index in [1.165, 1.54) is 6.92 Å². The average molecular weight is 300 g/mol. The molecule has 1 amide bonds. The first-order chi connectivity index (χ1) is 7.91. The van der Waals surface area contributed by atoms with Gasteiger partial charge in [-0.1, -0.05) is 28.1 Å². The number of benzene rings is 1. The number of hydrogen-bond acceptors (Lipinski definition) is 2. The zero-order chi connectivity index (χ0) is 13.0. The minimum Gasteiger partial charge on any atom is -0.481 e. The van der Waals surface area contributed by atoms with Gasteiger partial charge in [-0.3, -0.25) is 9.59 Å². The second-order valence-corrected chi connectivity index (χ2v) is 4.77. The summed E-state index contributed by atoms with van der Waals surface area (Å²) in [6.45, 7) is 2.95. The summed E-state index contributed by atoms with van der Waals surface area (Å²) in [5, 5.41) is 11.7. The summed E-state index contributed by atoms with van der Waals surface area (Å²) in [6, 6.07) is 6.71. The smallest absolute Gasteiger partial charge is 0.308 e. The highest BCUT2D eigenvalue weighted by Crippen LogP contribution is 2.23. The summed E-state index contributed by atoms with van der Waals surface area (Å²) in [4.78, 5) is 22.1. The van der Waals surface area contributed by atoms with E-state index in [4.69, 9.17) is 5.11 Å². The predicted molar refractivity (Wildman–Crippen MR) is 67.5 cm³/mol. The first kappa shape index (κ1) is 13.7. The van der Waals surface area contributed by atoms with Crippen LogP contribution in [0.15, 0.2) is 28.7 Å². The van der Waals surface area contributed by atoms with E-state index in [1.807, 2.05) is 12.1 Å². The van der Waals surface area contributed by atoms with Crippen LogP contribution in [0.5, 0.6) is 0 Å². The maximum absolute atomic E-state index is 11.1. The van der Waals surface area contributed by atoms with Crippen LogP contribution in [0.4, 0.5) is 0 Å². The van der Waals surface area contributed by atoms with Crippen molar-refractivity contribution in [1.82, 2.24) is 5.32 Å². The van der Waals surface area contributed by atoms with E-state index in [2.05, 4.69) is 21.2 Å². The summed E-state index contributed by atoms with van der Waals surface area (Å²) in [6.07, 6.45) is 0. The Balaban J connectivity index is 3.01. The number of carboxylic acid groups (broad SMARTS) is 1. The lowest BCUT2D eigenvalue weighted by Crippen LogP contribution is -2.34. The van der Waals surface area contributed by atoms with Crippen molar-refractivity contribution in [3.8, 4) is 0 Å². The van der Waals surface area contributed by atoms with Gasteiger partial charge in [-0.15, -0.1) is 0 Å². The number of nitrogens with one attached hydrogen (secondary N) is 1. The van der Waals surface area contributed by atoms with E-state index in [0.717, 1.165) is 10.0 Å². The summed E-state index contributed by atoms with van der Waals surface area (Å²) in [5.41, 5.74) is 0.776. The maximum atomic E-state index is 11.1. The molecule has 0 heterocycles. The van der Waals surface area contributed by atoms with E-state index in [-0.39, 0.29) is 5.91 Å². The Labute approximate surface area is 108 Å². The van der Waals surface area contributed by atoms with Gasteiger partial charge in [0.15, 0.2) is 0 Å². The molecule has 0 saturated heterocycles. The molecule has 4 nitrogen and oxygen atoms in total. The number of carbonyl (C=O) groups excluding carboxylic acids is 1. The van der Waals surface area contributed by atoms with Crippen molar-refractivity contribution < 1.29 is 14.7 Å². The van der Waals surface area contributed by atoms with E-state index >= 15 is 0 Å². The quantitative estimate of drug-likeness (QED) is 0.897. The Kier molecular flexibility index (Phi) is 4.69. The molecule has 0 aliphatic rings. The molecule has 17 heavy (non-hydrogen) atoms. The minimum atomic E-state index is -0.938. The lowest BCUT2D eigenvalue weighted by molar-refractivity contribution is -0.142. The Morgan fingerprint density at radius 1 is 1.29 bits per heavy atom. The second-order valence-electron chi connectivity index (χ2n) is 3.86. The van der Waals surface area contributed by atoms with Gasteiger partial charge in [-0.2, -0.15) is 0 Å². The van der Waals surface area contributed by atoms with Gasteiger partial charge in [0, 0.05) is 11.4 Å². The zero-order valence-electron chi connectivity index (χ0n) is 9.61. The molecular formula is C12H14BrNO3. The molecule has 1 aromatic carbocycles. The summed E-state index contributed by atoms with van der Waals surface area (Å²) < 4.78 is 0.908. The fourth-order valence-electron chi connectivity index (χ4n) is 1.53. The molecule has 0 aliphatic heterocycles. The zero-order valence-corrected chi connectivity index (χ0v) is 11.2. The normalized spacial score (nSPS) is 13.8. The molecule has 92 valence electrons. The van der Waals surface area contributed by atoms with Crippen LogP contribution in [0.3, 0.4) is 0 Å². The fourth-order valence-corrected chi connectivity index (χ4v) is 1.79. The summed E-state index contributed by atoms with van der Waals surface area (Å²) in [7, 11) is 0. The van der Waals surface area contributed by atoms with Gasteiger partial charge in [-0.05, 0) is 24.6 Å². The predicted octanol–water partition coefficient (Wildman–Crippen LogP) is 2.35. The molecule has 2 N–H and O–H groups in total. The Bertz CT molecular complexity index is 416. The van der Waals surface area contributed by atoms with E-state index < -0.39 is 17.9 Å².